The average molecular weight is 382 g/mol. The van der Waals surface area contributed by atoms with Gasteiger partial charge in [0.1, 0.15) is 5.82 Å². The third-order valence-electron chi connectivity index (χ3n) is 4.93. The average Bonchev–Trinajstić information content (AvgIpc) is 3.21. The summed E-state index contributed by atoms with van der Waals surface area (Å²) in [5.41, 5.74) is 2.13. The van der Waals surface area contributed by atoms with E-state index in [2.05, 4.69) is 27.7 Å². The van der Waals surface area contributed by atoms with Crippen molar-refractivity contribution in [1.82, 2.24) is 19.7 Å². The van der Waals surface area contributed by atoms with Gasteiger partial charge in [-0.3, -0.25) is 10.3 Å². The number of aromatic nitrogens is 3. The second-order valence-electron chi connectivity index (χ2n) is 7.02. The normalized spacial score (nSPS) is 14.7. The lowest BCUT2D eigenvalue weighted by atomic mass is 10.2. The third kappa shape index (κ3) is 4.36. The van der Waals surface area contributed by atoms with Crippen LogP contribution in [0.15, 0.2) is 53.6 Å². The summed E-state index contributed by atoms with van der Waals surface area (Å²) < 4.78 is 1.93. The lowest BCUT2D eigenvalue weighted by molar-refractivity contribution is 0.206. The maximum absolute atomic E-state index is 13.1. The van der Waals surface area contributed by atoms with Gasteiger partial charge in [-0.1, -0.05) is 6.07 Å². The molecule has 0 radical (unpaired) electrons. The maximum atomic E-state index is 13.1. The Balaban J connectivity index is 1.50. The molecule has 3 aromatic rings. The van der Waals surface area contributed by atoms with Crippen molar-refractivity contribution in [2.24, 2.45) is 5.92 Å². The molecule has 2 amide bonds. The fourth-order valence-corrected chi connectivity index (χ4v) is 3.88. The molecule has 0 aromatic carbocycles. The molecule has 140 valence electrons. The number of hydrogen-bond donors (Lipinski definition) is 1. The van der Waals surface area contributed by atoms with Crippen LogP contribution in [0.2, 0.25) is 0 Å². The molecule has 1 N–H and O–H groups in total. The molecule has 3 heterocycles. The predicted octanol–water partition coefficient (Wildman–Crippen LogP) is 4.54. The zero-order valence-electron chi connectivity index (χ0n) is 15.3. The topological polar surface area (TPSA) is 63.1 Å². The molecule has 0 spiro atoms. The number of urea groups is 1. The molecule has 0 aliphatic heterocycles. The number of nitrogens with one attached hydrogen (secondary N) is 1. The fraction of sp³-hybridized carbons (Fsp3) is 0.350. The summed E-state index contributed by atoms with van der Waals surface area (Å²) in [5, 5.41) is 11.6. The first-order chi connectivity index (χ1) is 13.2. The van der Waals surface area contributed by atoms with Crippen molar-refractivity contribution in [2.75, 3.05) is 5.32 Å². The van der Waals surface area contributed by atoms with Crippen LogP contribution in [0, 0.1) is 5.92 Å². The Hall–Kier alpha value is -2.67. The molecule has 1 atom stereocenters. The molecule has 3 aromatic heterocycles. The number of amides is 2. The van der Waals surface area contributed by atoms with Gasteiger partial charge in [0.2, 0.25) is 0 Å². The number of rotatable bonds is 7. The molecule has 4 rings (SSSR count). The second kappa shape index (κ2) is 7.92. The lowest BCUT2D eigenvalue weighted by Crippen LogP contribution is -2.34. The molecule has 7 heteroatoms. The van der Waals surface area contributed by atoms with E-state index in [4.69, 9.17) is 0 Å². The van der Waals surface area contributed by atoms with E-state index in [0.717, 1.165) is 16.9 Å². The lowest BCUT2D eigenvalue weighted by Gasteiger charge is -2.24. The smallest absolute Gasteiger partial charge is 0.316 e. The van der Waals surface area contributed by atoms with Gasteiger partial charge in [0.05, 0.1) is 12.2 Å². The maximum Gasteiger partial charge on any atom is 0.323 e. The highest BCUT2D eigenvalue weighted by atomic mass is 32.1. The molecule has 6 nitrogen and oxygen atoms in total. The number of pyridine rings is 1. The van der Waals surface area contributed by atoms with Crippen LogP contribution in [0.1, 0.15) is 36.9 Å². The van der Waals surface area contributed by atoms with Gasteiger partial charge in [0.25, 0.3) is 0 Å². The van der Waals surface area contributed by atoms with Gasteiger partial charge in [-0.15, -0.1) is 0 Å². The van der Waals surface area contributed by atoms with Crippen LogP contribution in [0.3, 0.4) is 0 Å². The van der Waals surface area contributed by atoms with Gasteiger partial charge >= 0.3 is 6.03 Å². The van der Waals surface area contributed by atoms with Crippen molar-refractivity contribution in [1.29, 1.82) is 0 Å². The molecule has 0 saturated heterocycles. The number of thiophene rings is 1. The van der Waals surface area contributed by atoms with Crippen LogP contribution < -0.4 is 5.32 Å². The Labute approximate surface area is 162 Å². The molecular weight excluding hydrogens is 358 g/mol. The summed E-state index contributed by atoms with van der Waals surface area (Å²) >= 11 is 1.64. The van der Waals surface area contributed by atoms with Crippen molar-refractivity contribution in [2.45, 2.75) is 38.9 Å². The van der Waals surface area contributed by atoms with E-state index >= 15 is 0 Å². The van der Waals surface area contributed by atoms with Crippen molar-refractivity contribution < 1.29 is 4.79 Å². The van der Waals surface area contributed by atoms with E-state index in [1.807, 2.05) is 34.3 Å². The Morgan fingerprint density at radius 2 is 2.15 bits per heavy atom. The van der Waals surface area contributed by atoms with Crippen LogP contribution in [-0.2, 0) is 13.1 Å². The molecule has 1 aliphatic rings. The minimum Gasteiger partial charge on any atom is -0.316 e. The largest absolute Gasteiger partial charge is 0.323 e. The Morgan fingerprint density at radius 1 is 1.30 bits per heavy atom. The van der Waals surface area contributed by atoms with Gasteiger partial charge in [-0.25, -0.2) is 9.48 Å². The Kier molecular flexibility index (Phi) is 5.20. The summed E-state index contributed by atoms with van der Waals surface area (Å²) in [4.78, 5) is 19.0. The zero-order valence-corrected chi connectivity index (χ0v) is 16.1. The second-order valence-corrected chi connectivity index (χ2v) is 7.80. The summed E-state index contributed by atoms with van der Waals surface area (Å²) in [6.07, 6.45) is 7.76. The Bertz CT molecular complexity index is 873. The summed E-state index contributed by atoms with van der Waals surface area (Å²) in [6, 6.07) is 7.97. The van der Waals surface area contributed by atoms with E-state index in [9.17, 15) is 4.79 Å². The fourth-order valence-electron chi connectivity index (χ4n) is 3.22. The van der Waals surface area contributed by atoms with Crippen molar-refractivity contribution in [3.63, 3.8) is 0 Å². The van der Waals surface area contributed by atoms with E-state index in [-0.39, 0.29) is 6.03 Å². The van der Waals surface area contributed by atoms with Crippen LogP contribution in [-0.4, -0.2) is 25.7 Å². The SMILES string of the molecule is C[C@@H](C1CC1)n1nccc1NC(=O)N(Cc1cccnc1)Cc1ccsc1. The van der Waals surface area contributed by atoms with Crippen LogP contribution in [0.4, 0.5) is 10.6 Å². The highest BCUT2D eigenvalue weighted by Gasteiger charge is 2.31. The quantitative estimate of drug-likeness (QED) is 0.653. The highest BCUT2D eigenvalue weighted by molar-refractivity contribution is 7.07. The third-order valence-corrected chi connectivity index (χ3v) is 5.66. The molecule has 1 fully saturated rings. The highest BCUT2D eigenvalue weighted by Crippen LogP contribution is 2.40. The minimum absolute atomic E-state index is 0.130. The number of anilines is 1. The van der Waals surface area contributed by atoms with E-state index in [0.29, 0.717) is 25.0 Å². The van der Waals surface area contributed by atoms with E-state index in [1.165, 1.54) is 12.8 Å². The molecule has 27 heavy (non-hydrogen) atoms. The molecule has 0 unspecified atom stereocenters. The van der Waals surface area contributed by atoms with Crippen molar-refractivity contribution in [3.8, 4) is 0 Å². The Morgan fingerprint density at radius 3 is 2.85 bits per heavy atom. The first-order valence-corrected chi connectivity index (χ1v) is 10.1. The number of hydrogen-bond acceptors (Lipinski definition) is 4. The van der Waals surface area contributed by atoms with Gasteiger partial charge < -0.3 is 4.90 Å². The molecule has 1 saturated carbocycles. The van der Waals surface area contributed by atoms with E-state index < -0.39 is 0 Å². The van der Waals surface area contributed by atoms with Crippen molar-refractivity contribution in [3.05, 3.63) is 64.7 Å². The van der Waals surface area contributed by atoms with Gasteiger partial charge in [-0.05, 0) is 59.7 Å². The van der Waals surface area contributed by atoms with Gasteiger partial charge in [0, 0.05) is 31.5 Å². The first kappa shape index (κ1) is 17.7. The number of carbonyl (C=O) groups excluding carboxylic acids is 1. The van der Waals surface area contributed by atoms with Gasteiger partial charge in [-0.2, -0.15) is 16.4 Å². The molecule has 1 aliphatic carbocycles. The summed E-state index contributed by atoms with van der Waals surface area (Å²) in [5.74, 6) is 1.42. The van der Waals surface area contributed by atoms with Crippen LogP contribution in [0.5, 0.6) is 0 Å². The number of nitrogens with zero attached hydrogens (tertiary/aromatic N) is 4. The zero-order chi connectivity index (χ0) is 18.6. The first-order valence-electron chi connectivity index (χ1n) is 9.20. The van der Waals surface area contributed by atoms with Gasteiger partial charge in [0.15, 0.2) is 0 Å². The monoisotopic (exact) mass is 381 g/mol. The predicted molar refractivity (Wildman–Crippen MR) is 106 cm³/mol. The summed E-state index contributed by atoms with van der Waals surface area (Å²) in [6.45, 7) is 3.22. The van der Waals surface area contributed by atoms with Crippen LogP contribution >= 0.6 is 11.3 Å². The van der Waals surface area contributed by atoms with E-state index in [1.54, 1.807) is 34.8 Å². The summed E-state index contributed by atoms with van der Waals surface area (Å²) in [7, 11) is 0. The van der Waals surface area contributed by atoms with Crippen molar-refractivity contribution >= 4 is 23.2 Å². The standard InChI is InChI=1S/C20H23N5OS/c1-15(18-4-5-18)25-19(6-9-22-25)23-20(26)24(13-17-7-10-27-14-17)12-16-3-2-8-21-11-16/h2-3,6-11,14-15,18H,4-5,12-13H2,1H3,(H,23,26)/t15-/m0/s1. The van der Waals surface area contributed by atoms with Crippen LogP contribution in [0.25, 0.3) is 0 Å². The number of carbonyl (C=O) groups is 1. The molecule has 0 bridgehead atoms. The molecular formula is C20H23N5OS. The minimum atomic E-state index is -0.130.